The summed E-state index contributed by atoms with van der Waals surface area (Å²) in [7, 11) is 0. The third-order valence-corrected chi connectivity index (χ3v) is 4.07. The summed E-state index contributed by atoms with van der Waals surface area (Å²) in [6, 6.07) is 4.51. The highest BCUT2D eigenvalue weighted by Crippen LogP contribution is 2.18. The summed E-state index contributed by atoms with van der Waals surface area (Å²) in [5, 5.41) is 11.8. The molecule has 0 heterocycles. The molecule has 1 aromatic rings. The second-order valence-electron chi connectivity index (χ2n) is 6.23. The van der Waals surface area contributed by atoms with Gasteiger partial charge in [-0.1, -0.05) is 58.3 Å². The van der Waals surface area contributed by atoms with E-state index in [9.17, 15) is 9.59 Å². The van der Waals surface area contributed by atoms with Gasteiger partial charge in [-0.25, -0.2) is 4.79 Å². The number of benzene rings is 1. The van der Waals surface area contributed by atoms with Crippen molar-refractivity contribution >= 4 is 23.3 Å². The van der Waals surface area contributed by atoms with Gasteiger partial charge >= 0.3 is 5.97 Å². The van der Waals surface area contributed by atoms with E-state index >= 15 is 0 Å². The molecule has 0 atom stereocenters. The Morgan fingerprint density at radius 3 is 2.17 bits per heavy atom. The molecule has 5 nitrogen and oxygen atoms in total. The number of nitrogens with two attached hydrogens (primary N) is 1. The van der Waals surface area contributed by atoms with Gasteiger partial charge in [-0.3, -0.25) is 4.79 Å². The Hall–Kier alpha value is -2.04. The molecule has 4 N–H and O–H groups in total. The maximum atomic E-state index is 11.9. The van der Waals surface area contributed by atoms with Gasteiger partial charge in [0.2, 0.25) is 5.91 Å². The third-order valence-electron chi connectivity index (χ3n) is 4.07. The predicted octanol–water partition coefficient (Wildman–Crippen LogP) is 4.83. The average Bonchev–Trinajstić information content (AvgIpc) is 2.55. The van der Waals surface area contributed by atoms with Crippen LogP contribution < -0.4 is 11.1 Å². The van der Waals surface area contributed by atoms with E-state index in [1.165, 1.54) is 57.1 Å². The summed E-state index contributed by atoms with van der Waals surface area (Å²) in [4.78, 5) is 22.9. The first-order valence-electron chi connectivity index (χ1n) is 8.97. The SMILES string of the molecule is CCCCCCCCCCCC(=O)Nc1ccc(N)c(C(=O)O)c1. The fourth-order valence-corrected chi connectivity index (χ4v) is 2.64. The summed E-state index contributed by atoms with van der Waals surface area (Å²) < 4.78 is 0. The molecule has 0 aliphatic rings. The molecule has 0 bridgehead atoms. The van der Waals surface area contributed by atoms with Crippen LogP contribution in [0.2, 0.25) is 0 Å². The summed E-state index contributed by atoms with van der Waals surface area (Å²) in [6.07, 6.45) is 11.3. The van der Waals surface area contributed by atoms with E-state index in [1.54, 1.807) is 6.07 Å². The fourth-order valence-electron chi connectivity index (χ4n) is 2.64. The van der Waals surface area contributed by atoms with Crippen molar-refractivity contribution in [1.29, 1.82) is 0 Å². The zero-order valence-corrected chi connectivity index (χ0v) is 14.6. The highest BCUT2D eigenvalue weighted by atomic mass is 16.4. The van der Waals surface area contributed by atoms with Crippen LogP contribution in [0.3, 0.4) is 0 Å². The molecule has 0 radical (unpaired) electrons. The summed E-state index contributed by atoms with van der Waals surface area (Å²) in [5.41, 5.74) is 6.27. The molecule has 0 saturated heterocycles. The van der Waals surface area contributed by atoms with Gasteiger partial charge in [0.05, 0.1) is 5.56 Å². The molecule has 24 heavy (non-hydrogen) atoms. The van der Waals surface area contributed by atoms with Gasteiger partial charge in [-0.05, 0) is 24.6 Å². The number of nitrogens with one attached hydrogen (secondary N) is 1. The molecule has 0 aliphatic heterocycles. The maximum absolute atomic E-state index is 11.9. The van der Waals surface area contributed by atoms with E-state index in [0.29, 0.717) is 12.1 Å². The Kier molecular flexibility index (Phi) is 9.58. The van der Waals surface area contributed by atoms with Crippen LogP contribution in [0.4, 0.5) is 11.4 Å². The molecule has 134 valence electrons. The van der Waals surface area contributed by atoms with E-state index < -0.39 is 5.97 Å². The predicted molar refractivity (Wildman–Crippen MR) is 98.3 cm³/mol. The van der Waals surface area contributed by atoms with Crippen molar-refractivity contribution in [1.82, 2.24) is 0 Å². The van der Waals surface area contributed by atoms with E-state index in [2.05, 4.69) is 12.2 Å². The largest absolute Gasteiger partial charge is 0.478 e. The Bertz CT molecular complexity index is 529. The number of nitrogen functional groups attached to an aromatic ring is 1. The quantitative estimate of drug-likeness (QED) is 0.377. The molecule has 0 fully saturated rings. The number of carboxylic acids is 1. The minimum absolute atomic E-state index is 0.0101. The first-order chi connectivity index (χ1) is 11.5. The molecular formula is C19H30N2O3. The molecule has 0 unspecified atom stereocenters. The van der Waals surface area contributed by atoms with E-state index in [0.717, 1.165) is 12.8 Å². The van der Waals surface area contributed by atoms with Crippen LogP contribution in [-0.2, 0) is 4.79 Å². The summed E-state index contributed by atoms with van der Waals surface area (Å²) in [5.74, 6) is -1.18. The maximum Gasteiger partial charge on any atom is 0.337 e. The van der Waals surface area contributed by atoms with Crippen LogP contribution >= 0.6 is 0 Å². The van der Waals surface area contributed by atoms with Gasteiger partial charge in [-0.15, -0.1) is 0 Å². The number of rotatable bonds is 12. The van der Waals surface area contributed by atoms with Gasteiger partial charge < -0.3 is 16.2 Å². The van der Waals surface area contributed by atoms with E-state index in [4.69, 9.17) is 10.8 Å². The Balaban J connectivity index is 2.18. The van der Waals surface area contributed by atoms with Gasteiger partial charge in [-0.2, -0.15) is 0 Å². The van der Waals surface area contributed by atoms with Crippen LogP contribution in [0.5, 0.6) is 0 Å². The molecule has 0 saturated carbocycles. The zero-order valence-electron chi connectivity index (χ0n) is 14.6. The summed E-state index contributed by atoms with van der Waals surface area (Å²) >= 11 is 0. The lowest BCUT2D eigenvalue weighted by atomic mass is 10.1. The normalized spacial score (nSPS) is 10.5. The monoisotopic (exact) mass is 334 g/mol. The second kappa shape index (κ2) is 11.5. The molecule has 0 aromatic heterocycles. The number of aromatic carboxylic acids is 1. The Morgan fingerprint density at radius 2 is 1.58 bits per heavy atom. The van der Waals surface area contributed by atoms with Crippen molar-refractivity contribution in [3.8, 4) is 0 Å². The van der Waals surface area contributed by atoms with Gasteiger partial charge in [0.25, 0.3) is 0 Å². The minimum atomic E-state index is -1.09. The number of anilines is 2. The molecule has 0 spiro atoms. The third kappa shape index (κ3) is 7.99. The number of carbonyl (C=O) groups is 2. The highest BCUT2D eigenvalue weighted by molar-refractivity contribution is 5.97. The van der Waals surface area contributed by atoms with Crippen molar-refractivity contribution < 1.29 is 14.7 Å². The van der Waals surface area contributed by atoms with Crippen molar-refractivity contribution in [2.24, 2.45) is 0 Å². The number of hydrogen-bond acceptors (Lipinski definition) is 3. The van der Waals surface area contributed by atoms with E-state index in [-0.39, 0.29) is 17.2 Å². The lowest BCUT2D eigenvalue weighted by Gasteiger charge is -2.08. The van der Waals surface area contributed by atoms with Crippen molar-refractivity contribution in [2.45, 2.75) is 71.1 Å². The number of hydrogen-bond donors (Lipinski definition) is 3. The molecule has 1 rings (SSSR count). The van der Waals surface area contributed by atoms with Crippen LogP contribution in [0, 0.1) is 0 Å². The van der Waals surface area contributed by atoms with Gasteiger partial charge in [0.15, 0.2) is 0 Å². The fraction of sp³-hybridized carbons (Fsp3) is 0.579. The Labute approximate surface area is 144 Å². The minimum Gasteiger partial charge on any atom is -0.478 e. The number of carboxylic acid groups (broad SMARTS) is 1. The number of carbonyl (C=O) groups excluding carboxylic acids is 1. The molecule has 1 aromatic carbocycles. The van der Waals surface area contributed by atoms with Gasteiger partial charge in [0, 0.05) is 17.8 Å². The number of unbranched alkanes of at least 4 members (excludes halogenated alkanes) is 8. The summed E-state index contributed by atoms with van der Waals surface area (Å²) in [6.45, 7) is 2.22. The molecule has 0 aliphatic carbocycles. The average molecular weight is 334 g/mol. The Morgan fingerprint density at radius 1 is 1.00 bits per heavy atom. The first-order valence-corrected chi connectivity index (χ1v) is 8.97. The van der Waals surface area contributed by atoms with Crippen molar-refractivity contribution in [2.75, 3.05) is 11.1 Å². The molecule has 1 amide bonds. The van der Waals surface area contributed by atoms with Crippen LogP contribution in [0.1, 0.15) is 81.5 Å². The zero-order chi connectivity index (χ0) is 17.8. The highest BCUT2D eigenvalue weighted by Gasteiger charge is 2.10. The van der Waals surface area contributed by atoms with Crippen molar-refractivity contribution in [3.63, 3.8) is 0 Å². The second-order valence-corrected chi connectivity index (χ2v) is 6.23. The van der Waals surface area contributed by atoms with Crippen molar-refractivity contribution in [3.05, 3.63) is 23.8 Å². The van der Waals surface area contributed by atoms with Crippen LogP contribution in [0.25, 0.3) is 0 Å². The lowest BCUT2D eigenvalue weighted by Crippen LogP contribution is -2.12. The number of amides is 1. The lowest BCUT2D eigenvalue weighted by molar-refractivity contribution is -0.116. The van der Waals surface area contributed by atoms with Gasteiger partial charge in [0.1, 0.15) is 0 Å². The van der Waals surface area contributed by atoms with Crippen LogP contribution in [0.15, 0.2) is 18.2 Å². The molecule has 5 heteroatoms. The van der Waals surface area contributed by atoms with E-state index in [1.807, 2.05) is 0 Å². The smallest absolute Gasteiger partial charge is 0.337 e. The standard InChI is InChI=1S/C19H30N2O3/c1-2-3-4-5-6-7-8-9-10-11-18(22)21-15-12-13-17(20)16(14-15)19(23)24/h12-14H,2-11,20H2,1H3,(H,21,22)(H,23,24). The van der Waals surface area contributed by atoms with Crippen LogP contribution in [-0.4, -0.2) is 17.0 Å². The molecular weight excluding hydrogens is 304 g/mol. The first kappa shape index (κ1) is 20.0. The topological polar surface area (TPSA) is 92.4 Å².